The smallest absolute Gasteiger partial charge is 0.439 e. The number of alkyl halides is 4. The van der Waals surface area contributed by atoms with Crippen molar-refractivity contribution in [3.05, 3.63) is 34.8 Å². The van der Waals surface area contributed by atoms with Crippen LogP contribution in [0.25, 0.3) is 11.4 Å². The zero-order valence-electron chi connectivity index (χ0n) is 14.5. The van der Waals surface area contributed by atoms with E-state index in [1.807, 2.05) is 0 Å². The molecular formula is C17H17F4N3O4. The van der Waals surface area contributed by atoms with Gasteiger partial charge in [0, 0.05) is 31.5 Å². The summed E-state index contributed by atoms with van der Waals surface area (Å²) in [7, 11) is 0. The van der Waals surface area contributed by atoms with Gasteiger partial charge in [-0.25, -0.2) is 13.6 Å². The van der Waals surface area contributed by atoms with Gasteiger partial charge in [-0.3, -0.25) is 14.3 Å². The molecule has 1 amide bonds. The van der Waals surface area contributed by atoms with Gasteiger partial charge in [-0.1, -0.05) is 5.16 Å². The Kier molecular flexibility index (Phi) is 5.71. The van der Waals surface area contributed by atoms with Crippen LogP contribution >= 0.6 is 0 Å². The first kappa shape index (κ1) is 19.9. The summed E-state index contributed by atoms with van der Waals surface area (Å²) in [5.74, 6) is -5.15. The summed E-state index contributed by atoms with van der Waals surface area (Å²) >= 11 is 0. The fourth-order valence-corrected chi connectivity index (χ4v) is 2.85. The number of benzene rings is 1. The number of halogens is 4. The molecule has 1 aliphatic rings. The summed E-state index contributed by atoms with van der Waals surface area (Å²) in [5, 5.41) is 3.57. The second-order valence-corrected chi connectivity index (χ2v) is 6.40. The average molecular weight is 403 g/mol. The number of carbonyl (C=O) groups excluding carboxylic acids is 1. The van der Waals surface area contributed by atoms with Gasteiger partial charge >= 0.3 is 18.1 Å². The number of aromatic amines is 1. The lowest BCUT2D eigenvalue weighted by molar-refractivity contribution is -0.159. The Bertz CT molecular complexity index is 858. The minimum atomic E-state index is -4.32. The number of hydrogen-bond donors (Lipinski definition) is 1. The van der Waals surface area contributed by atoms with E-state index in [2.05, 4.69) is 14.7 Å². The Balaban J connectivity index is 1.50. The summed E-state index contributed by atoms with van der Waals surface area (Å²) in [4.78, 5) is 26.3. The molecule has 0 bridgehead atoms. The molecule has 2 heterocycles. The molecule has 0 unspecified atom stereocenters. The van der Waals surface area contributed by atoms with E-state index in [4.69, 9.17) is 4.74 Å². The van der Waals surface area contributed by atoms with E-state index in [0.717, 1.165) is 4.90 Å². The maximum absolute atomic E-state index is 13.0. The van der Waals surface area contributed by atoms with E-state index in [-0.39, 0.29) is 25.0 Å². The Morgan fingerprint density at radius 1 is 1.29 bits per heavy atom. The molecule has 1 aromatic carbocycles. The summed E-state index contributed by atoms with van der Waals surface area (Å²) in [6.45, 7) is 0.308. The van der Waals surface area contributed by atoms with Gasteiger partial charge in [0.15, 0.2) is 5.82 Å². The highest BCUT2D eigenvalue weighted by Crippen LogP contribution is 2.28. The molecular weight excluding hydrogens is 386 g/mol. The normalized spacial score (nSPS) is 15.8. The molecule has 1 N–H and O–H groups in total. The molecule has 0 spiro atoms. The van der Waals surface area contributed by atoms with Crippen LogP contribution in [0.15, 0.2) is 33.6 Å². The Hall–Kier alpha value is -2.85. The first-order valence-electron chi connectivity index (χ1n) is 8.51. The van der Waals surface area contributed by atoms with Gasteiger partial charge in [0.1, 0.15) is 11.9 Å². The summed E-state index contributed by atoms with van der Waals surface area (Å²) < 4.78 is 60.7. The van der Waals surface area contributed by atoms with Crippen LogP contribution in [0.1, 0.15) is 19.3 Å². The Morgan fingerprint density at radius 2 is 1.93 bits per heavy atom. The predicted octanol–water partition coefficient (Wildman–Crippen LogP) is 2.69. The largest absolute Gasteiger partial charge is 0.490 e. The van der Waals surface area contributed by atoms with E-state index in [0.29, 0.717) is 24.2 Å². The number of nitrogens with one attached hydrogen (secondary N) is 1. The van der Waals surface area contributed by atoms with Crippen molar-refractivity contribution in [2.24, 2.45) is 0 Å². The summed E-state index contributed by atoms with van der Waals surface area (Å²) in [5.41, 5.74) is 0.624. The first-order valence-corrected chi connectivity index (χ1v) is 8.51. The Morgan fingerprint density at radius 3 is 2.46 bits per heavy atom. The third-order valence-corrected chi connectivity index (χ3v) is 4.37. The minimum Gasteiger partial charge on any atom is -0.490 e. The number of ether oxygens (including phenoxy) is 1. The molecule has 2 aromatic rings. The molecule has 1 saturated heterocycles. The lowest BCUT2D eigenvalue weighted by atomic mass is 10.1. The molecule has 0 atom stereocenters. The van der Waals surface area contributed by atoms with Crippen molar-refractivity contribution < 1.29 is 31.6 Å². The van der Waals surface area contributed by atoms with Crippen LogP contribution in [0.4, 0.5) is 17.6 Å². The highest BCUT2D eigenvalue weighted by Gasteiger charge is 2.44. The lowest BCUT2D eigenvalue weighted by Crippen LogP contribution is -2.44. The zero-order valence-corrected chi connectivity index (χ0v) is 14.5. The molecule has 0 saturated carbocycles. The molecule has 0 aliphatic carbocycles. The van der Waals surface area contributed by atoms with Crippen molar-refractivity contribution in [1.82, 2.24) is 15.0 Å². The Labute approximate surface area is 156 Å². The number of hydrogen-bond acceptors (Lipinski definition) is 5. The van der Waals surface area contributed by atoms with Gasteiger partial charge < -0.3 is 9.64 Å². The van der Waals surface area contributed by atoms with Crippen molar-refractivity contribution in [2.75, 3.05) is 13.1 Å². The maximum atomic E-state index is 13.0. The predicted molar refractivity (Wildman–Crippen MR) is 88.4 cm³/mol. The molecule has 0 radical (unpaired) electrons. The monoisotopic (exact) mass is 403 g/mol. The molecule has 7 nitrogen and oxygen atoms in total. The van der Waals surface area contributed by atoms with E-state index < -0.39 is 30.4 Å². The number of H-pyrrole nitrogens is 1. The van der Waals surface area contributed by atoms with Crippen LogP contribution in [-0.2, 0) is 4.79 Å². The second kappa shape index (κ2) is 8.03. The number of aromatic nitrogens is 2. The van der Waals surface area contributed by atoms with E-state index in [1.54, 1.807) is 24.3 Å². The molecule has 3 rings (SSSR count). The molecule has 1 aliphatic heterocycles. The van der Waals surface area contributed by atoms with Crippen molar-refractivity contribution >= 4 is 5.91 Å². The molecule has 152 valence electrons. The average Bonchev–Trinajstić information content (AvgIpc) is 3.09. The van der Waals surface area contributed by atoms with Crippen LogP contribution in [0.5, 0.6) is 5.75 Å². The summed E-state index contributed by atoms with van der Waals surface area (Å²) in [6.07, 6.45) is -4.82. The SMILES string of the molecule is O=C(CC(F)(F)C(F)F)N1CCC(Oc2ccc(-c3noc(=O)[nH]3)cc2)CC1. The molecule has 28 heavy (non-hydrogen) atoms. The van der Waals surface area contributed by atoms with Gasteiger partial charge in [-0.2, -0.15) is 8.78 Å². The van der Waals surface area contributed by atoms with Crippen LogP contribution < -0.4 is 10.5 Å². The summed E-state index contributed by atoms with van der Waals surface area (Å²) in [6, 6.07) is 6.69. The molecule has 1 fully saturated rings. The highest BCUT2D eigenvalue weighted by atomic mass is 19.3. The van der Waals surface area contributed by atoms with Crippen LogP contribution in [0.3, 0.4) is 0 Å². The first-order chi connectivity index (χ1) is 13.2. The van der Waals surface area contributed by atoms with Crippen molar-refractivity contribution in [2.45, 2.75) is 37.7 Å². The van der Waals surface area contributed by atoms with Crippen molar-refractivity contribution in [3.63, 3.8) is 0 Å². The highest BCUT2D eigenvalue weighted by molar-refractivity contribution is 5.77. The zero-order chi connectivity index (χ0) is 20.3. The topological polar surface area (TPSA) is 88.4 Å². The number of piperidine rings is 1. The van der Waals surface area contributed by atoms with Crippen molar-refractivity contribution in [1.29, 1.82) is 0 Å². The second-order valence-electron chi connectivity index (χ2n) is 6.40. The van der Waals surface area contributed by atoms with E-state index in [9.17, 15) is 27.2 Å². The van der Waals surface area contributed by atoms with Gasteiger partial charge in [-0.05, 0) is 24.3 Å². The maximum Gasteiger partial charge on any atom is 0.439 e. The number of rotatable bonds is 6. The number of likely N-dealkylation sites (tertiary alicyclic amines) is 1. The van der Waals surface area contributed by atoms with Crippen LogP contribution in [0, 0.1) is 0 Å². The minimum absolute atomic E-state index is 0.154. The number of amides is 1. The van der Waals surface area contributed by atoms with Gasteiger partial charge in [-0.15, -0.1) is 0 Å². The molecule has 11 heteroatoms. The fourth-order valence-electron chi connectivity index (χ4n) is 2.85. The van der Waals surface area contributed by atoms with Gasteiger partial charge in [0.2, 0.25) is 5.91 Å². The van der Waals surface area contributed by atoms with E-state index in [1.165, 1.54) is 0 Å². The van der Waals surface area contributed by atoms with Crippen LogP contribution in [-0.4, -0.2) is 52.5 Å². The van der Waals surface area contributed by atoms with Gasteiger partial charge in [0.25, 0.3) is 0 Å². The fraction of sp³-hybridized carbons (Fsp3) is 0.471. The van der Waals surface area contributed by atoms with E-state index >= 15 is 0 Å². The third-order valence-electron chi connectivity index (χ3n) is 4.37. The van der Waals surface area contributed by atoms with Crippen molar-refractivity contribution in [3.8, 4) is 17.1 Å². The number of carbonyl (C=O) groups is 1. The lowest BCUT2D eigenvalue weighted by Gasteiger charge is -2.33. The van der Waals surface area contributed by atoms with Gasteiger partial charge in [0.05, 0.1) is 6.42 Å². The third kappa shape index (κ3) is 4.70. The number of nitrogens with zero attached hydrogens (tertiary/aromatic N) is 2. The molecule has 1 aromatic heterocycles. The van der Waals surface area contributed by atoms with Crippen LogP contribution in [0.2, 0.25) is 0 Å². The standard InChI is InChI=1S/C17H17F4N3O4/c18-15(19)17(20,21)9-13(25)24-7-5-12(6-8-24)27-11-3-1-10(2-4-11)14-22-16(26)28-23-14/h1-4,12,15H,5-9H2,(H,22,23,26). The quantitative estimate of drug-likeness (QED) is 0.750.